The third-order valence-electron chi connectivity index (χ3n) is 2.63. The maximum Gasteiger partial charge on any atom is 0.141 e. The zero-order valence-corrected chi connectivity index (χ0v) is 11.4. The van der Waals surface area contributed by atoms with Gasteiger partial charge in [-0.05, 0) is 36.4 Å². The van der Waals surface area contributed by atoms with Gasteiger partial charge in [0.2, 0.25) is 0 Å². The van der Waals surface area contributed by atoms with E-state index in [0.717, 1.165) is 15.5 Å². The number of aromatic nitrogens is 2. The number of nitrogens with one attached hydrogen (secondary N) is 1. The summed E-state index contributed by atoms with van der Waals surface area (Å²) in [6, 6.07) is 10.1. The fourth-order valence-corrected chi connectivity index (χ4v) is 2.32. The minimum atomic E-state index is -0.316. The van der Waals surface area contributed by atoms with E-state index in [1.165, 1.54) is 6.07 Å². The number of halogens is 3. The first kappa shape index (κ1) is 11.7. The average Bonchev–Trinajstić information content (AvgIpc) is 2.74. The molecule has 1 heterocycles. The summed E-state index contributed by atoms with van der Waals surface area (Å²) in [6.45, 7) is 0. The molecule has 3 rings (SSSR count). The van der Waals surface area contributed by atoms with Crippen molar-refractivity contribution in [2.45, 2.75) is 0 Å². The fourth-order valence-electron chi connectivity index (χ4n) is 1.79. The second-order valence-corrected chi connectivity index (χ2v) is 5.22. The van der Waals surface area contributed by atoms with Gasteiger partial charge in [-0.25, -0.2) is 9.37 Å². The Morgan fingerprint density at radius 3 is 2.83 bits per heavy atom. The van der Waals surface area contributed by atoms with E-state index >= 15 is 0 Å². The second kappa shape index (κ2) is 4.37. The summed E-state index contributed by atoms with van der Waals surface area (Å²) in [5.41, 5.74) is 1.97. The highest BCUT2D eigenvalue weighted by Crippen LogP contribution is 2.27. The van der Waals surface area contributed by atoms with Gasteiger partial charge in [-0.1, -0.05) is 27.5 Å². The van der Waals surface area contributed by atoms with Crippen LogP contribution in [0.1, 0.15) is 0 Å². The Labute approximate surface area is 116 Å². The summed E-state index contributed by atoms with van der Waals surface area (Å²) >= 11 is 9.22. The van der Waals surface area contributed by atoms with E-state index in [-0.39, 0.29) is 5.82 Å². The second-order valence-electron chi connectivity index (χ2n) is 3.87. The first-order valence-electron chi connectivity index (χ1n) is 5.24. The molecule has 1 aromatic heterocycles. The van der Waals surface area contributed by atoms with Crippen molar-refractivity contribution in [2.24, 2.45) is 0 Å². The number of hydrogen-bond donors (Lipinski definition) is 1. The van der Waals surface area contributed by atoms with Gasteiger partial charge in [0, 0.05) is 9.50 Å². The van der Waals surface area contributed by atoms with E-state index in [4.69, 9.17) is 11.6 Å². The van der Waals surface area contributed by atoms with E-state index in [2.05, 4.69) is 25.9 Å². The van der Waals surface area contributed by atoms with Crippen molar-refractivity contribution in [2.75, 3.05) is 0 Å². The number of hydrogen-bond acceptors (Lipinski definition) is 1. The summed E-state index contributed by atoms with van der Waals surface area (Å²) < 4.78 is 14.6. The molecule has 0 fully saturated rings. The van der Waals surface area contributed by atoms with Crippen molar-refractivity contribution in [1.82, 2.24) is 9.97 Å². The zero-order valence-electron chi connectivity index (χ0n) is 9.05. The van der Waals surface area contributed by atoms with Crippen LogP contribution in [0.15, 0.2) is 40.9 Å². The van der Waals surface area contributed by atoms with Gasteiger partial charge in [-0.15, -0.1) is 0 Å². The van der Waals surface area contributed by atoms with Crippen molar-refractivity contribution in [3.63, 3.8) is 0 Å². The summed E-state index contributed by atoms with van der Waals surface area (Å²) in [5, 5.41) is 0.618. The van der Waals surface area contributed by atoms with E-state index in [1.54, 1.807) is 30.3 Å². The Bertz CT molecular complexity index is 739. The molecule has 0 bridgehead atoms. The van der Waals surface area contributed by atoms with Crippen LogP contribution in [0.4, 0.5) is 4.39 Å². The minimum absolute atomic E-state index is 0.316. The van der Waals surface area contributed by atoms with Crippen LogP contribution in [-0.2, 0) is 0 Å². The Hall–Kier alpha value is -1.39. The fraction of sp³-hybridized carbons (Fsp3) is 0. The van der Waals surface area contributed by atoms with E-state index in [9.17, 15) is 4.39 Å². The van der Waals surface area contributed by atoms with Crippen LogP contribution in [-0.4, -0.2) is 9.97 Å². The van der Waals surface area contributed by atoms with Crippen LogP contribution in [0.2, 0.25) is 5.02 Å². The summed E-state index contributed by atoms with van der Waals surface area (Å²) in [5.74, 6) is 0.175. The Balaban J connectivity index is 2.22. The number of H-pyrrole nitrogens is 1. The molecule has 0 aliphatic carbocycles. The molecule has 0 saturated heterocycles. The molecule has 0 amide bonds. The molecule has 0 spiro atoms. The van der Waals surface area contributed by atoms with Crippen LogP contribution in [0.5, 0.6) is 0 Å². The van der Waals surface area contributed by atoms with Crippen LogP contribution in [0.25, 0.3) is 22.4 Å². The first-order valence-corrected chi connectivity index (χ1v) is 6.41. The van der Waals surface area contributed by atoms with E-state index in [1.807, 2.05) is 0 Å². The molecule has 2 nitrogen and oxygen atoms in total. The normalized spacial score (nSPS) is 11.1. The van der Waals surface area contributed by atoms with Crippen LogP contribution >= 0.6 is 27.5 Å². The molecule has 2 aromatic carbocycles. The molecule has 0 saturated carbocycles. The number of fused-ring (bicyclic) bond motifs is 1. The van der Waals surface area contributed by atoms with Crippen molar-refractivity contribution in [3.8, 4) is 11.4 Å². The van der Waals surface area contributed by atoms with Gasteiger partial charge in [0.25, 0.3) is 0 Å². The zero-order chi connectivity index (χ0) is 12.7. The molecule has 0 aliphatic heterocycles. The molecule has 0 aliphatic rings. The lowest BCUT2D eigenvalue weighted by Gasteiger charge is -1.99. The highest BCUT2D eigenvalue weighted by molar-refractivity contribution is 9.10. The van der Waals surface area contributed by atoms with Gasteiger partial charge in [-0.3, -0.25) is 0 Å². The minimum Gasteiger partial charge on any atom is -0.338 e. The number of nitrogens with zero attached hydrogens (tertiary/aromatic N) is 1. The lowest BCUT2D eigenvalue weighted by Crippen LogP contribution is -1.86. The van der Waals surface area contributed by atoms with Gasteiger partial charge in [0.15, 0.2) is 0 Å². The molecule has 1 N–H and O–H groups in total. The van der Waals surface area contributed by atoms with Gasteiger partial charge in [-0.2, -0.15) is 0 Å². The SMILES string of the molecule is Fc1ccc(Br)cc1-c1nc2ccc(Cl)cc2[nH]1. The quantitative estimate of drug-likeness (QED) is 0.685. The maximum absolute atomic E-state index is 13.8. The third-order valence-corrected chi connectivity index (χ3v) is 3.36. The Morgan fingerprint density at radius 1 is 1.17 bits per heavy atom. The number of aromatic amines is 1. The van der Waals surface area contributed by atoms with Gasteiger partial charge < -0.3 is 4.98 Å². The molecule has 18 heavy (non-hydrogen) atoms. The molecule has 0 radical (unpaired) electrons. The molecule has 5 heteroatoms. The standard InChI is InChI=1S/C13H7BrClFN2/c14-7-1-3-10(16)9(5-7)13-17-11-4-2-8(15)6-12(11)18-13/h1-6H,(H,17,18). The molecular formula is C13H7BrClFN2. The Kier molecular flexibility index (Phi) is 2.84. The van der Waals surface area contributed by atoms with Crippen molar-refractivity contribution >= 4 is 38.6 Å². The summed E-state index contributed by atoms with van der Waals surface area (Å²) in [6.07, 6.45) is 0. The van der Waals surface area contributed by atoms with Gasteiger partial charge in [0.05, 0.1) is 16.6 Å². The van der Waals surface area contributed by atoms with Crippen molar-refractivity contribution < 1.29 is 4.39 Å². The molecule has 0 unspecified atom stereocenters. The lowest BCUT2D eigenvalue weighted by molar-refractivity contribution is 0.630. The van der Waals surface area contributed by atoms with Crippen LogP contribution in [0.3, 0.4) is 0 Å². The first-order chi connectivity index (χ1) is 8.63. The number of imidazole rings is 1. The van der Waals surface area contributed by atoms with Gasteiger partial charge in [0.1, 0.15) is 11.6 Å². The monoisotopic (exact) mass is 324 g/mol. The summed E-state index contributed by atoms with van der Waals surface area (Å²) in [4.78, 5) is 7.42. The highest BCUT2D eigenvalue weighted by Gasteiger charge is 2.10. The molecule has 90 valence electrons. The van der Waals surface area contributed by atoms with Crippen molar-refractivity contribution in [1.29, 1.82) is 0 Å². The molecular weight excluding hydrogens is 319 g/mol. The van der Waals surface area contributed by atoms with E-state index in [0.29, 0.717) is 16.4 Å². The lowest BCUT2D eigenvalue weighted by atomic mass is 10.2. The third kappa shape index (κ3) is 2.02. The highest BCUT2D eigenvalue weighted by atomic mass is 79.9. The van der Waals surface area contributed by atoms with Crippen LogP contribution < -0.4 is 0 Å². The topological polar surface area (TPSA) is 28.7 Å². The van der Waals surface area contributed by atoms with Crippen LogP contribution in [0, 0.1) is 5.82 Å². The van der Waals surface area contributed by atoms with Crippen molar-refractivity contribution in [3.05, 3.63) is 51.7 Å². The number of benzene rings is 2. The summed E-state index contributed by atoms with van der Waals surface area (Å²) in [7, 11) is 0. The predicted octanol–water partition coefficient (Wildman–Crippen LogP) is 4.78. The average molecular weight is 326 g/mol. The van der Waals surface area contributed by atoms with E-state index < -0.39 is 0 Å². The maximum atomic E-state index is 13.8. The molecule has 3 aromatic rings. The largest absolute Gasteiger partial charge is 0.338 e. The molecule has 0 atom stereocenters. The predicted molar refractivity (Wildman–Crippen MR) is 74.2 cm³/mol. The smallest absolute Gasteiger partial charge is 0.141 e. The van der Waals surface area contributed by atoms with Gasteiger partial charge >= 0.3 is 0 Å². The number of rotatable bonds is 1. The Morgan fingerprint density at radius 2 is 2.00 bits per heavy atom.